The SMILES string of the molecule is CC(=NNC(=O)c1ccc(Cl)cc1[N+](=O)[O-])C1CC1. The molecule has 1 aromatic carbocycles. The van der Waals surface area contributed by atoms with Gasteiger partial charge in [-0.05, 0) is 37.8 Å². The van der Waals surface area contributed by atoms with E-state index in [4.69, 9.17) is 11.6 Å². The molecule has 1 aromatic rings. The van der Waals surface area contributed by atoms with Gasteiger partial charge in [0.1, 0.15) is 5.56 Å². The van der Waals surface area contributed by atoms with Crippen LogP contribution in [0, 0.1) is 16.0 Å². The first kappa shape index (κ1) is 13.5. The van der Waals surface area contributed by atoms with E-state index in [1.54, 1.807) is 0 Å². The number of carbonyl (C=O) groups is 1. The van der Waals surface area contributed by atoms with Crippen LogP contribution in [0.15, 0.2) is 23.3 Å². The summed E-state index contributed by atoms with van der Waals surface area (Å²) in [6, 6.07) is 3.90. The predicted molar refractivity (Wildman–Crippen MR) is 71.4 cm³/mol. The van der Waals surface area contributed by atoms with Gasteiger partial charge in [-0.25, -0.2) is 5.43 Å². The molecule has 1 fully saturated rings. The van der Waals surface area contributed by atoms with Gasteiger partial charge in [0.05, 0.1) is 4.92 Å². The van der Waals surface area contributed by atoms with Gasteiger partial charge in [0.25, 0.3) is 11.6 Å². The number of nitrogens with one attached hydrogen (secondary N) is 1. The lowest BCUT2D eigenvalue weighted by Gasteiger charge is -2.03. The van der Waals surface area contributed by atoms with Crippen molar-refractivity contribution in [1.29, 1.82) is 0 Å². The van der Waals surface area contributed by atoms with Gasteiger partial charge in [-0.1, -0.05) is 11.6 Å². The third-order valence-corrected chi connectivity index (χ3v) is 3.14. The second kappa shape index (κ2) is 5.36. The van der Waals surface area contributed by atoms with Crippen LogP contribution in [0.2, 0.25) is 5.02 Å². The summed E-state index contributed by atoms with van der Waals surface area (Å²) in [6.07, 6.45) is 2.15. The fraction of sp³-hybridized carbons (Fsp3) is 0.333. The van der Waals surface area contributed by atoms with Crippen LogP contribution in [0.1, 0.15) is 30.1 Å². The average molecular weight is 282 g/mol. The zero-order valence-electron chi connectivity index (χ0n) is 10.2. The molecule has 0 heterocycles. The highest BCUT2D eigenvalue weighted by molar-refractivity contribution is 6.31. The van der Waals surface area contributed by atoms with E-state index in [1.165, 1.54) is 12.1 Å². The Balaban J connectivity index is 2.18. The van der Waals surface area contributed by atoms with E-state index < -0.39 is 10.8 Å². The summed E-state index contributed by atoms with van der Waals surface area (Å²) in [5, 5.41) is 15.0. The molecule has 1 aliphatic carbocycles. The molecule has 1 amide bonds. The molecule has 0 saturated heterocycles. The Morgan fingerprint density at radius 2 is 2.21 bits per heavy atom. The summed E-state index contributed by atoms with van der Waals surface area (Å²) >= 11 is 5.68. The Morgan fingerprint density at radius 1 is 1.53 bits per heavy atom. The standard InChI is InChI=1S/C12H12ClN3O3/c1-7(8-2-3-8)14-15-12(17)10-5-4-9(13)6-11(10)16(18)19/h4-6,8H,2-3H2,1H3,(H,15,17). The maximum Gasteiger partial charge on any atom is 0.283 e. The lowest BCUT2D eigenvalue weighted by Crippen LogP contribution is -2.20. The van der Waals surface area contributed by atoms with Gasteiger partial charge in [-0.15, -0.1) is 0 Å². The van der Waals surface area contributed by atoms with Crippen LogP contribution < -0.4 is 5.43 Å². The van der Waals surface area contributed by atoms with Gasteiger partial charge in [0.2, 0.25) is 0 Å². The van der Waals surface area contributed by atoms with Gasteiger partial charge < -0.3 is 0 Å². The maximum absolute atomic E-state index is 11.9. The Hall–Kier alpha value is -1.95. The van der Waals surface area contributed by atoms with E-state index in [1.807, 2.05) is 6.92 Å². The first-order valence-electron chi connectivity index (χ1n) is 5.77. The molecule has 0 atom stereocenters. The number of rotatable bonds is 4. The number of hydrazone groups is 1. The van der Waals surface area contributed by atoms with Crippen LogP contribution in [0.5, 0.6) is 0 Å². The monoisotopic (exact) mass is 281 g/mol. The highest BCUT2D eigenvalue weighted by atomic mass is 35.5. The second-order valence-electron chi connectivity index (χ2n) is 4.39. The number of benzene rings is 1. The molecule has 0 radical (unpaired) electrons. The van der Waals surface area contributed by atoms with E-state index >= 15 is 0 Å². The van der Waals surface area contributed by atoms with Crippen molar-refractivity contribution < 1.29 is 9.72 Å². The van der Waals surface area contributed by atoms with E-state index in [9.17, 15) is 14.9 Å². The number of hydrogen-bond donors (Lipinski definition) is 1. The van der Waals surface area contributed by atoms with Crippen molar-refractivity contribution in [2.75, 3.05) is 0 Å². The summed E-state index contributed by atoms with van der Waals surface area (Å²) in [4.78, 5) is 22.1. The van der Waals surface area contributed by atoms with Crippen molar-refractivity contribution in [1.82, 2.24) is 5.43 Å². The maximum atomic E-state index is 11.9. The minimum Gasteiger partial charge on any atom is -0.267 e. The van der Waals surface area contributed by atoms with Crippen molar-refractivity contribution in [3.63, 3.8) is 0 Å². The largest absolute Gasteiger partial charge is 0.283 e. The zero-order valence-corrected chi connectivity index (χ0v) is 11.0. The highest BCUT2D eigenvalue weighted by Gasteiger charge is 2.25. The van der Waals surface area contributed by atoms with Gasteiger partial charge in [0.15, 0.2) is 0 Å². The van der Waals surface area contributed by atoms with Crippen LogP contribution in [0.3, 0.4) is 0 Å². The number of halogens is 1. The van der Waals surface area contributed by atoms with Crippen LogP contribution in [0.25, 0.3) is 0 Å². The average Bonchev–Trinajstić information content (AvgIpc) is 3.19. The number of nitro groups is 1. The van der Waals surface area contributed by atoms with Gasteiger partial charge >= 0.3 is 0 Å². The number of hydrogen-bond acceptors (Lipinski definition) is 4. The van der Waals surface area contributed by atoms with Gasteiger partial charge in [-0.3, -0.25) is 14.9 Å². The summed E-state index contributed by atoms with van der Waals surface area (Å²) in [5.41, 5.74) is 2.79. The highest BCUT2D eigenvalue weighted by Crippen LogP contribution is 2.30. The molecule has 0 spiro atoms. The Morgan fingerprint density at radius 3 is 2.79 bits per heavy atom. The molecule has 0 aromatic heterocycles. The molecule has 100 valence electrons. The van der Waals surface area contributed by atoms with Crippen LogP contribution >= 0.6 is 11.6 Å². The molecule has 0 bridgehead atoms. The quantitative estimate of drug-likeness (QED) is 0.523. The summed E-state index contributed by atoms with van der Waals surface area (Å²) in [6.45, 7) is 1.83. The molecule has 1 aliphatic rings. The van der Waals surface area contributed by atoms with Crippen molar-refractivity contribution in [3.8, 4) is 0 Å². The fourth-order valence-corrected chi connectivity index (χ4v) is 1.81. The molecule has 2 rings (SSSR count). The Bertz CT molecular complexity index is 567. The van der Waals surface area contributed by atoms with Gasteiger partial charge in [-0.2, -0.15) is 5.10 Å². The lowest BCUT2D eigenvalue weighted by molar-refractivity contribution is -0.385. The van der Waals surface area contributed by atoms with Crippen LogP contribution in [0.4, 0.5) is 5.69 Å². The van der Waals surface area contributed by atoms with Crippen LogP contribution in [-0.4, -0.2) is 16.5 Å². The fourth-order valence-electron chi connectivity index (χ4n) is 1.64. The molecular weight excluding hydrogens is 270 g/mol. The second-order valence-corrected chi connectivity index (χ2v) is 4.82. The van der Waals surface area contributed by atoms with Crippen molar-refractivity contribution in [2.24, 2.45) is 11.0 Å². The van der Waals surface area contributed by atoms with E-state index in [-0.39, 0.29) is 16.3 Å². The molecule has 19 heavy (non-hydrogen) atoms. The lowest BCUT2D eigenvalue weighted by atomic mass is 10.2. The molecule has 6 nitrogen and oxygen atoms in total. The zero-order chi connectivity index (χ0) is 14.0. The van der Waals surface area contributed by atoms with Crippen molar-refractivity contribution >= 4 is 28.9 Å². The van der Waals surface area contributed by atoms with Gasteiger partial charge in [0, 0.05) is 16.8 Å². The molecule has 0 unspecified atom stereocenters. The number of nitro benzene ring substituents is 1. The Kier molecular flexibility index (Phi) is 3.80. The topological polar surface area (TPSA) is 84.6 Å². The third-order valence-electron chi connectivity index (χ3n) is 2.90. The van der Waals surface area contributed by atoms with E-state index in [0.717, 1.165) is 24.6 Å². The number of nitrogens with zero attached hydrogens (tertiary/aromatic N) is 2. The van der Waals surface area contributed by atoms with E-state index in [2.05, 4.69) is 10.5 Å². The normalized spacial score (nSPS) is 15.2. The summed E-state index contributed by atoms with van der Waals surface area (Å²) in [7, 11) is 0. The summed E-state index contributed by atoms with van der Waals surface area (Å²) < 4.78 is 0. The van der Waals surface area contributed by atoms with E-state index in [0.29, 0.717) is 5.92 Å². The molecule has 0 aliphatic heterocycles. The number of carbonyl (C=O) groups excluding carboxylic acids is 1. The van der Waals surface area contributed by atoms with Crippen molar-refractivity contribution in [3.05, 3.63) is 38.9 Å². The third kappa shape index (κ3) is 3.29. The minimum absolute atomic E-state index is 0.0539. The number of amides is 1. The molecule has 1 saturated carbocycles. The smallest absolute Gasteiger partial charge is 0.267 e. The predicted octanol–water partition coefficient (Wildman–Crippen LogP) is 2.76. The molecule has 7 heteroatoms. The summed E-state index contributed by atoms with van der Waals surface area (Å²) in [5.74, 6) is -0.177. The van der Waals surface area contributed by atoms with Crippen molar-refractivity contribution in [2.45, 2.75) is 19.8 Å². The molecular formula is C12H12ClN3O3. The molecule has 1 N–H and O–H groups in total. The first-order valence-corrected chi connectivity index (χ1v) is 6.15. The van der Waals surface area contributed by atoms with Crippen LogP contribution in [-0.2, 0) is 0 Å². The minimum atomic E-state index is -0.641. The first-order chi connectivity index (χ1) is 8.99. The Labute approximate surface area is 114 Å².